The molecule has 180 valence electrons. The lowest BCUT2D eigenvalue weighted by molar-refractivity contribution is -0.147. The smallest absolute Gasteiger partial charge is 0.335 e. The van der Waals surface area contributed by atoms with Gasteiger partial charge in [-0.3, -0.25) is 4.98 Å². The number of rotatable bonds is 6. The van der Waals surface area contributed by atoms with E-state index in [1.165, 1.54) is 12.1 Å². The number of nitrogens with one attached hydrogen (secondary N) is 1. The Bertz CT molecular complexity index is 1390. The van der Waals surface area contributed by atoms with Crippen molar-refractivity contribution in [3.63, 3.8) is 0 Å². The largest absolute Gasteiger partial charge is 0.404 e. The van der Waals surface area contributed by atoms with Crippen molar-refractivity contribution in [3.8, 4) is 17.5 Å². The molecule has 0 spiro atoms. The molecular formula is C23H22F4N4O2S. The zero-order chi connectivity index (χ0) is 24.8. The van der Waals surface area contributed by atoms with Crippen LogP contribution in [0.4, 0.5) is 17.6 Å². The topological polar surface area (TPSA) is 87.8 Å². The quantitative estimate of drug-likeness (QED) is 0.476. The molecule has 11 heteroatoms. The van der Waals surface area contributed by atoms with Crippen LogP contribution in [0.15, 0.2) is 35.4 Å². The van der Waals surface area contributed by atoms with Gasteiger partial charge in [-0.2, -0.15) is 23.2 Å². The van der Waals surface area contributed by atoms with Crippen molar-refractivity contribution in [2.45, 2.75) is 62.7 Å². The lowest BCUT2D eigenvalue weighted by Gasteiger charge is -2.30. The standard InChI is InChI=1S/C23H22F4N4O2S/c1-3-14-9-21-17(10-19(14)24)18(11-28)22(31(21)15-5-4-6-15)20-8-7-16(12-29-20)34(32,33)30-13(2)23(25,26)27/h7-10,12-13,15,30H,3-6H2,1-2H3/t13-/m1/s1. The van der Waals surface area contributed by atoms with Crippen LogP contribution >= 0.6 is 0 Å². The third kappa shape index (κ3) is 4.16. The van der Waals surface area contributed by atoms with Gasteiger partial charge in [-0.1, -0.05) is 6.92 Å². The minimum absolute atomic E-state index is 0.0780. The van der Waals surface area contributed by atoms with E-state index in [1.807, 2.05) is 11.5 Å². The fourth-order valence-electron chi connectivity index (χ4n) is 4.08. The molecule has 1 saturated carbocycles. The third-order valence-corrected chi connectivity index (χ3v) is 7.74. The zero-order valence-electron chi connectivity index (χ0n) is 18.4. The first-order valence-electron chi connectivity index (χ1n) is 10.8. The van der Waals surface area contributed by atoms with Crippen LogP contribution in [0.5, 0.6) is 0 Å². The molecule has 0 bridgehead atoms. The number of fused-ring (bicyclic) bond motifs is 1. The molecule has 2 heterocycles. The molecule has 1 atom stereocenters. The van der Waals surface area contributed by atoms with E-state index >= 15 is 0 Å². The predicted octanol–water partition coefficient (Wildman–Crippen LogP) is 5.23. The van der Waals surface area contributed by atoms with E-state index in [0.717, 1.165) is 31.5 Å². The Morgan fingerprint density at radius 2 is 2.00 bits per heavy atom. The number of hydrogen-bond donors (Lipinski definition) is 1. The van der Waals surface area contributed by atoms with Gasteiger partial charge in [0.2, 0.25) is 10.0 Å². The molecule has 3 aromatic rings. The van der Waals surface area contributed by atoms with E-state index in [-0.39, 0.29) is 17.3 Å². The van der Waals surface area contributed by atoms with Crippen molar-refractivity contribution in [2.24, 2.45) is 0 Å². The highest BCUT2D eigenvalue weighted by atomic mass is 32.2. The van der Waals surface area contributed by atoms with Crippen LogP contribution in [0.2, 0.25) is 0 Å². The van der Waals surface area contributed by atoms with Gasteiger partial charge in [0.1, 0.15) is 22.8 Å². The van der Waals surface area contributed by atoms with E-state index in [9.17, 15) is 31.2 Å². The van der Waals surface area contributed by atoms with Crippen LogP contribution in [-0.2, 0) is 16.4 Å². The highest BCUT2D eigenvalue weighted by Gasteiger charge is 2.39. The Kier molecular flexibility index (Phi) is 6.16. The van der Waals surface area contributed by atoms with Gasteiger partial charge in [0, 0.05) is 17.6 Å². The number of nitrogens with zero attached hydrogens (tertiary/aromatic N) is 3. The normalized spacial score (nSPS) is 15.8. The number of aryl methyl sites for hydroxylation is 1. The maximum atomic E-state index is 14.6. The first-order chi connectivity index (χ1) is 16.0. The van der Waals surface area contributed by atoms with E-state index in [4.69, 9.17) is 0 Å². The lowest BCUT2D eigenvalue weighted by Crippen LogP contribution is -2.42. The average Bonchev–Trinajstić information content (AvgIpc) is 3.03. The highest BCUT2D eigenvalue weighted by Crippen LogP contribution is 2.42. The van der Waals surface area contributed by atoms with Gasteiger partial charge in [0.05, 0.1) is 22.5 Å². The number of aromatic nitrogens is 2. The van der Waals surface area contributed by atoms with Crippen molar-refractivity contribution in [3.05, 3.63) is 47.4 Å². The Labute approximate surface area is 194 Å². The van der Waals surface area contributed by atoms with Crippen LogP contribution in [0, 0.1) is 17.1 Å². The number of hydrogen-bond acceptors (Lipinski definition) is 4. The second kappa shape index (κ2) is 8.67. The van der Waals surface area contributed by atoms with Gasteiger partial charge in [-0.25, -0.2) is 12.8 Å². The lowest BCUT2D eigenvalue weighted by atomic mass is 9.92. The van der Waals surface area contributed by atoms with Crippen molar-refractivity contribution < 1.29 is 26.0 Å². The van der Waals surface area contributed by atoms with Crippen molar-refractivity contribution in [1.82, 2.24) is 14.3 Å². The number of sulfonamides is 1. The van der Waals surface area contributed by atoms with Crippen molar-refractivity contribution in [2.75, 3.05) is 0 Å². The molecule has 4 rings (SSSR count). The minimum atomic E-state index is -4.74. The van der Waals surface area contributed by atoms with Crippen LogP contribution in [0.3, 0.4) is 0 Å². The Morgan fingerprint density at radius 3 is 2.50 bits per heavy atom. The summed E-state index contributed by atoms with van der Waals surface area (Å²) < 4.78 is 81.3. The first-order valence-corrected chi connectivity index (χ1v) is 12.3. The Balaban J connectivity index is 1.83. The Morgan fingerprint density at radius 1 is 1.29 bits per heavy atom. The van der Waals surface area contributed by atoms with E-state index in [2.05, 4.69) is 11.1 Å². The maximum Gasteiger partial charge on any atom is 0.404 e. The molecule has 0 aliphatic heterocycles. The number of benzene rings is 1. The van der Waals surface area contributed by atoms with Crippen molar-refractivity contribution in [1.29, 1.82) is 5.26 Å². The first kappa shape index (κ1) is 24.2. The van der Waals surface area contributed by atoms with Crippen LogP contribution in [0.25, 0.3) is 22.3 Å². The molecule has 1 aliphatic carbocycles. The highest BCUT2D eigenvalue weighted by molar-refractivity contribution is 7.89. The zero-order valence-corrected chi connectivity index (χ0v) is 19.3. The molecule has 1 fully saturated rings. The molecule has 0 amide bonds. The van der Waals surface area contributed by atoms with Gasteiger partial charge >= 0.3 is 6.18 Å². The fourth-order valence-corrected chi connectivity index (χ4v) is 5.25. The molecule has 34 heavy (non-hydrogen) atoms. The summed E-state index contributed by atoms with van der Waals surface area (Å²) in [4.78, 5) is 3.76. The summed E-state index contributed by atoms with van der Waals surface area (Å²) in [6.07, 6.45) is -0.566. The molecule has 0 radical (unpaired) electrons. The summed E-state index contributed by atoms with van der Waals surface area (Å²) in [7, 11) is -4.47. The molecule has 0 unspecified atom stereocenters. The third-order valence-electron chi connectivity index (χ3n) is 6.22. The number of alkyl halides is 3. The van der Waals surface area contributed by atoms with Crippen molar-refractivity contribution >= 4 is 20.9 Å². The molecule has 1 N–H and O–H groups in total. The van der Waals surface area contributed by atoms with Gasteiger partial charge in [-0.15, -0.1) is 0 Å². The summed E-state index contributed by atoms with van der Waals surface area (Å²) in [5, 5.41) is 10.4. The summed E-state index contributed by atoms with van der Waals surface area (Å²) in [6.45, 7) is 2.54. The number of halogens is 4. The predicted molar refractivity (Wildman–Crippen MR) is 118 cm³/mol. The summed E-state index contributed by atoms with van der Waals surface area (Å²) >= 11 is 0. The minimum Gasteiger partial charge on any atom is -0.335 e. The Hall–Kier alpha value is -2.97. The number of pyridine rings is 1. The van der Waals surface area contributed by atoms with Gasteiger partial charge in [-0.05, 0) is 62.4 Å². The molecule has 6 nitrogen and oxygen atoms in total. The van der Waals surface area contributed by atoms with Crippen LogP contribution < -0.4 is 4.72 Å². The van der Waals surface area contributed by atoms with Gasteiger partial charge in [0.15, 0.2) is 0 Å². The molecule has 1 aliphatic rings. The number of nitriles is 1. The van der Waals surface area contributed by atoms with E-state index in [1.54, 1.807) is 10.8 Å². The van der Waals surface area contributed by atoms with E-state index in [0.29, 0.717) is 35.5 Å². The second-order valence-electron chi connectivity index (χ2n) is 8.37. The monoisotopic (exact) mass is 494 g/mol. The fraction of sp³-hybridized carbons (Fsp3) is 0.391. The molecule has 1 aromatic carbocycles. The average molecular weight is 495 g/mol. The van der Waals surface area contributed by atoms with Crippen LogP contribution in [0.1, 0.15) is 50.3 Å². The molecule has 2 aromatic heterocycles. The molecule has 0 saturated heterocycles. The van der Waals surface area contributed by atoms with Gasteiger partial charge in [0.25, 0.3) is 0 Å². The maximum absolute atomic E-state index is 14.6. The van der Waals surface area contributed by atoms with Crippen LogP contribution in [-0.4, -0.2) is 30.2 Å². The second-order valence-corrected chi connectivity index (χ2v) is 10.1. The summed E-state index contributed by atoms with van der Waals surface area (Å²) in [6, 6.07) is 5.51. The van der Waals surface area contributed by atoms with E-state index < -0.39 is 33.0 Å². The summed E-state index contributed by atoms with van der Waals surface area (Å²) in [5.74, 6) is -0.414. The molecular weight excluding hydrogens is 472 g/mol. The summed E-state index contributed by atoms with van der Waals surface area (Å²) in [5.41, 5.74) is 2.15. The van der Waals surface area contributed by atoms with Gasteiger partial charge < -0.3 is 4.57 Å². The SMILES string of the molecule is CCc1cc2c(cc1F)c(C#N)c(-c1ccc(S(=O)(=O)N[C@H](C)C(F)(F)F)cn1)n2C1CCC1.